The van der Waals surface area contributed by atoms with Crippen LogP contribution in [0.1, 0.15) is 12.0 Å². The molecule has 1 aliphatic heterocycles. The molecule has 1 aliphatic rings. The van der Waals surface area contributed by atoms with Gasteiger partial charge in [0.25, 0.3) is 0 Å². The number of amides is 1. The number of hydrogen-bond donors (Lipinski definition) is 2. The minimum absolute atomic E-state index is 0.202. The third kappa shape index (κ3) is 2.61. The fraction of sp³-hybridized carbons (Fsp3) is 0.429. The van der Waals surface area contributed by atoms with Gasteiger partial charge in [-0.15, -0.1) is 0 Å². The van der Waals surface area contributed by atoms with Crippen LogP contribution >= 0.6 is 0 Å². The summed E-state index contributed by atoms with van der Waals surface area (Å²) in [5.41, 5.74) is 1.88. The zero-order chi connectivity index (χ0) is 13.1. The number of rotatable bonds is 2. The largest absolute Gasteiger partial charge is 0.346 e. The summed E-state index contributed by atoms with van der Waals surface area (Å²) >= 11 is 0. The molecule has 1 amide bonds. The van der Waals surface area contributed by atoms with Crippen molar-refractivity contribution in [1.29, 1.82) is 0 Å². The standard InChI is InChI=1S/C14H18N4O/c19-13(18-7-2-4-15-6-8-18)9-11-10-17-14-12(11)3-1-5-16-14/h1,3,5,10,15H,2,4,6-9H2,(H,16,17). The Kier molecular flexibility index (Phi) is 3.46. The highest BCUT2D eigenvalue weighted by molar-refractivity contribution is 5.87. The topological polar surface area (TPSA) is 61.0 Å². The van der Waals surface area contributed by atoms with Crippen LogP contribution in [0.4, 0.5) is 0 Å². The molecule has 0 aliphatic carbocycles. The van der Waals surface area contributed by atoms with Crippen LogP contribution in [0.25, 0.3) is 11.0 Å². The first kappa shape index (κ1) is 12.2. The quantitative estimate of drug-likeness (QED) is 0.842. The average Bonchev–Trinajstić information content (AvgIpc) is 2.66. The zero-order valence-electron chi connectivity index (χ0n) is 10.9. The first-order chi connectivity index (χ1) is 9.34. The molecule has 0 aromatic carbocycles. The second-order valence-electron chi connectivity index (χ2n) is 4.87. The van der Waals surface area contributed by atoms with Crippen molar-refractivity contribution in [1.82, 2.24) is 20.2 Å². The van der Waals surface area contributed by atoms with E-state index in [1.54, 1.807) is 6.20 Å². The monoisotopic (exact) mass is 258 g/mol. The lowest BCUT2D eigenvalue weighted by Crippen LogP contribution is -2.35. The molecule has 2 aromatic rings. The minimum Gasteiger partial charge on any atom is -0.346 e. The van der Waals surface area contributed by atoms with Gasteiger partial charge in [0.15, 0.2) is 0 Å². The Morgan fingerprint density at radius 3 is 3.26 bits per heavy atom. The van der Waals surface area contributed by atoms with E-state index in [1.807, 2.05) is 23.2 Å². The van der Waals surface area contributed by atoms with Crippen LogP contribution in [0.2, 0.25) is 0 Å². The van der Waals surface area contributed by atoms with Crippen molar-refractivity contribution < 1.29 is 4.79 Å². The molecule has 5 nitrogen and oxygen atoms in total. The number of nitrogens with one attached hydrogen (secondary N) is 2. The van der Waals surface area contributed by atoms with Gasteiger partial charge in [0, 0.05) is 37.4 Å². The van der Waals surface area contributed by atoms with Crippen molar-refractivity contribution in [3.63, 3.8) is 0 Å². The van der Waals surface area contributed by atoms with Crippen molar-refractivity contribution >= 4 is 16.9 Å². The zero-order valence-corrected chi connectivity index (χ0v) is 10.9. The lowest BCUT2D eigenvalue weighted by Gasteiger charge is -2.19. The predicted molar refractivity (Wildman–Crippen MR) is 73.9 cm³/mol. The van der Waals surface area contributed by atoms with Gasteiger partial charge in [0.05, 0.1) is 6.42 Å². The number of H-pyrrole nitrogens is 1. The summed E-state index contributed by atoms with van der Waals surface area (Å²) in [4.78, 5) is 21.6. The maximum absolute atomic E-state index is 12.3. The Balaban J connectivity index is 1.75. The summed E-state index contributed by atoms with van der Waals surface area (Å²) in [6, 6.07) is 3.91. The first-order valence-electron chi connectivity index (χ1n) is 6.74. The molecule has 1 fully saturated rings. The van der Waals surface area contributed by atoms with E-state index in [0.29, 0.717) is 6.42 Å². The van der Waals surface area contributed by atoms with Gasteiger partial charge in [0.2, 0.25) is 5.91 Å². The third-order valence-electron chi connectivity index (χ3n) is 3.57. The summed E-state index contributed by atoms with van der Waals surface area (Å²) < 4.78 is 0. The van der Waals surface area contributed by atoms with Gasteiger partial charge in [-0.05, 0) is 30.7 Å². The van der Waals surface area contributed by atoms with Crippen LogP contribution in [0, 0.1) is 0 Å². The number of fused-ring (bicyclic) bond motifs is 1. The molecule has 5 heteroatoms. The Labute approximate surface area is 112 Å². The molecule has 1 saturated heterocycles. The number of nitrogens with zero attached hydrogens (tertiary/aromatic N) is 2. The van der Waals surface area contributed by atoms with Gasteiger partial charge < -0.3 is 15.2 Å². The van der Waals surface area contributed by atoms with Crippen LogP contribution in [0.3, 0.4) is 0 Å². The molecule has 0 spiro atoms. The lowest BCUT2D eigenvalue weighted by atomic mass is 10.1. The molecule has 100 valence electrons. The highest BCUT2D eigenvalue weighted by Gasteiger charge is 2.17. The molecule has 0 saturated carbocycles. The van der Waals surface area contributed by atoms with E-state index in [-0.39, 0.29) is 5.91 Å². The molecule has 2 aromatic heterocycles. The first-order valence-corrected chi connectivity index (χ1v) is 6.74. The Morgan fingerprint density at radius 2 is 2.32 bits per heavy atom. The van der Waals surface area contributed by atoms with E-state index < -0.39 is 0 Å². The molecule has 19 heavy (non-hydrogen) atoms. The normalized spacial score (nSPS) is 16.5. The molecule has 3 rings (SSSR count). The number of aromatic amines is 1. The maximum atomic E-state index is 12.3. The Bertz CT molecular complexity index is 570. The van der Waals surface area contributed by atoms with Gasteiger partial charge in [-0.1, -0.05) is 0 Å². The smallest absolute Gasteiger partial charge is 0.227 e. The van der Waals surface area contributed by atoms with Crippen molar-refractivity contribution in [3.05, 3.63) is 30.1 Å². The van der Waals surface area contributed by atoms with Crippen LogP contribution in [0.5, 0.6) is 0 Å². The molecule has 2 N–H and O–H groups in total. The van der Waals surface area contributed by atoms with Crippen LogP contribution in [0.15, 0.2) is 24.5 Å². The number of aromatic nitrogens is 2. The molecule has 0 bridgehead atoms. The molecule has 0 radical (unpaired) electrons. The lowest BCUT2D eigenvalue weighted by molar-refractivity contribution is -0.130. The van der Waals surface area contributed by atoms with Gasteiger partial charge in [-0.2, -0.15) is 0 Å². The third-order valence-corrected chi connectivity index (χ3v) is 3.57. The van der Waals surface area contributed by atoms with Gasteiger partial charge >= 0.3 is 0 Å². The summed E-state index contributed by atoms with van der Waals surface area (Å²) in [7, 11) is 0. The second kappa shape index (κ2) is 5.40. The van der Waals surface area contributed by atoms with Crippen molar-refractivity contribution in [3.8, 4) is 0 Å². The molecule has 0 atom stereocenters. The van der Waals surface area contributed by atoms with Gasteiger partial charge in [-0.25, -0.2) is 4.98 Å². The second-order valence-corrected chi connectivity index (χ2v) is 4.87. The Morgan fingerprint density at radius 1 is 1.37 bits per heavy atom. The summed E-state index contributed by atoms with van der Waals surface area (Å²) in [6.45, 7) is 3.55. The average molecular weight is 258 g/mol. The molecular formula is C14H18N4O. The van der Waals surface area contributed by atoms with Crippen molar-refractivity contribution in [2.24, 2.45) is 0 Å². The van der Waals surface area contributed by atoms with Gasteiger partial charge in [-0.3, -0.25) is 4.79 Å². The highest BCUT2D eigenvalue weighted by Crippen LogP contribution is 2.17. The molecule has 3 heterocycles. The van der Waals surface area contributed by atoms with Crippen LogP contribution in [-0.4, -0.2) is 47.0 Å². The van der Waals surface area contributed by atoms with E-state index >= 15 is 0 Å². The van der Waals surface area contributed by atoms with Gasteiger partial charge in [0.1, 0.15) is 5.65 Å². The summed E-state index contributed by atoms with van der Waals surface area (Å²) in [6.07, 6.45) is 5.13. The summed E-state index contributed by atoms with van der Waals surface area (Å²) in [5.74, 6) is 0.202. The maximum Gasteiger partial charge on any atom is 0.227 e. The predicted octanol–water partition coefficient (Wildman–Crippen LogP) is 0.927. The fourth-order valence-corrected chi connectivity index (χ4v) is 2.53. The Hall–Kier alpha value is -1.88. The van der Waals surface area contributed by atoms with Crippen molar-refractivity contribution in [2.75, 3.05) is 26.2 Å². The number of hydrogen-bond acceptors (Lipinski definition) is 3. The minimum atomic E-state index is 0.202. The van der Waals surface area contributed by atoms with Crippen LogP contribution in [-0.2, 0) is 11.2 Å². The highest BCUT2D eigenvalue weighted by atomic mass is 16.2. The van der Waals surface area contributed by atoms with E-state index in [9.17, 15) is 4.79 Å². The van der Waals surface area contributed by atoms with E-state index in [4.69, 9.17) is 0 Å². The SMILES string of the molecule is O=C(Cc1c[nH]c2ncccc12)N1CCCNCC1. The number of carbonyl (C=O) groups is 1. The number of carbonyl (C=O) groups excluding carboxylic acids is 1. The fourth-order valence-electron chi connectivity index (χ4n) is 2.53. The van der Waals surface area contributed by atoms with E-state index in [1.165, 1.54) is 0 Å². The molecular weight excluding hydrogens is 240 g/mol. The summed E-state index contributed by atoms with van der Waals surface area (Å²) in [5, 5.41) is 4.36. The molecule has 0 unspecified atom stereocenters. The van der Waals surface area contributed by atoms with E-state index in [0.717, 1.165) is 49.2 Å². The van der Waals surface area contributed by atoms with Crippen LogP contribution < -0.4 is 5.32 Å². The van der Waals surface area contributed by atoms with Crippen molar-refractivity contribution in [2.45, 2.75) is 12.8 Å². The van der Waals surface area contributed by atoms with E-state index in [2.05, 4.69) is 15.3 Å². The number of pyridine rings is 1.